The summed E-state index contributed by atoms with van der Waals surface area (Å²) in [5.74, 6) is -0.644. The number of anilines is 1. The monoisotopic (exact) mass is 399 g/mol. The number of hydrogen-bond acceptors (Lipinski definition) is 4. The van der Waals surface area contributed by atoms with Crippen molar-refractivity contribution in [3.63, 3.8) is 0 Å². The topological polar surface area (TPSA) is 59.8 Å². The molecule has 1 aliphatic rings. The highest BCUT2D eigenvalue weighted by Gasteiger charge is 2.30. The maximum atomic E-state index is 12.9. The van der Waals surface area contributed by atoms with Crippen molar-refractivity contribution in [1.82, 2.24) is 0 Å². The smallest absolute Gasteiger partial charge is 0.311 e. The van der Waals surface area contributed by atoms with Crippen molar-refractivity contribution < 1.29 is 18.7 Å². The Balaban J connectivity index is 1.33. The first-order valence-electron chi connectivity index (χ1n) is 10.1. The molecule has 1 atom stereocenters. The fourth-order valence-corrected chi connectivity index (χ4v) is 4.24. The van der Waals surface area contributed by atoms with Gasteiger partial charge in [-0.05, 0) is 41.8 Å². The lowest BCUT2D eigenvalue weighted by Crippen LogP contribution is -2.39. The van der Waals surface area contributed by atoms with Crippen molar-refractivity contribution >= 4 is 39.3 Å². The standard InChI is InChI=1S/C25H21NO4/c1-16(25(28)26-13-12-18-7-3-5-9-21(18)26)30-23(27)14-19-15-29-22-11-10-17-6-2-4-8-20(17)24(19)22/h2-11,15-16H,12-14H2,1H3/t16-/m1/s1. The van der Waals surface area contributed by atoms with E-state index in [0.717, 1.165) is 45.0 Å². The average molecular weight is 399 g/mol. The lowest BCUT2D eigenvalue weighted by molar-refractivity contribution is -0.153. The van der Waals surface area contributed by atoms with E-state index in [2.05, 4.69) is 0 Å². The van der Waals surface area contributed by atoms with Gasteiger partial charge in [0.2, 0.25) is 0 Å². The SMILES string of the molecule is C[C@@H](OC(=O)Cc1coc2ccc3ccccc3c12)C(=O)N1CCc2ccccc21. The van der Waals surface area contributed by atoms with Crippen LogP contribution in [-0.2, 0) is 27.2 Å². The van der Waals surface area contributed by atoms with E-state index in [9.17, 15) is 9.59 Å². The number of furan rings is 1. The summed E-state index contributed by atoms with van der Waals surface area (Å²) in [7, 11) is 0. The first-order valence-corrected chi connectivity index (χ1v) is 10.1. The van der Waals surface area contributed by atoms with E-state index >= 15 is 0 Å². The summed E-state index contributed by atoms with van der Waals surface area (Å²) >= 11 is 0. The predicted molar refractivity (Wildman–Crippen MR) is 115 cm³/mol. The summed E-state index contributed by atoms with van der Waals surface area (Å²) in [4.78, 5) is 27.2. The number of nitrogens with zero attached hydrogens (tertiary/aromatic N) is 1. The zero-order chi connectivity index (χ0) is 20.7. The summed E-state index contributed by atoms with van der Waals surface area (Å²) in [6.45, 7) is 2.24. The number of hydrogen-bond donors (Lipinski definition) is 0. The van der Waals surface area contributed by atoms with E-state index in [-0.39, 0.29) is 12.3 Å². The number of para-hydroxylation sites is 1. The molecule has 0 aliphatic carbocycles. The first-order chi connectivity index (χ1) is 14.6. The Morgan fingerprint density at radius 2 is 1.87 bits per heavy atom. The Kier molecular flexibility index (Phi) is 4.51. The Morgan fingerprint density at radius 3 is 2.77 bits per heavy atom. The number of amides is 1. The molecule has 1 aliphatic heterocycles. The summed E-state index contributed by atoms with van der Waals surface area (Å²) in [5, 5.41) is 3.03. The Bertz CT molecular complexity index is 1270. The van der Waals surface area contributed by atoms with Crippen LogP contribution in [0.2, 0.25) is 0 Å². The molecule has 5 rings (SSSR count). The van der Waals surface area contributed by atoms with Gasteiger partial charge in [0.15, 0.2) is 6.10 Å². The van der Waals surface area contributed by atoms with Crippen molar-refractivity contribution in [1.29, 1.82) is 0 Å². The van der Waals surface area contributed by atoms with Crippen molar-refractivity contribution in [3.8, 4) is 0 Å². The van der Waals surface area contributed by atoms with Gasteiger partial charge in [0.05, 0.1) is 12.7 Å². The van der Waals surface area contributed by atoms with Gasteiger partial charge < -0.3 is 14.1 Å². The molecule has 3 aromatic carbocycles. The molecule has 150 valence electrons. The second kappa shape index (κ2) is 7.34. The molecule has 0 saturated heterocycles. The van der Waals surface area contributed by atoms with E-state index in [1.807, 2.05) is 60.7 Å². The van der Waals surface area contributed by atoms with Crippen LogP contribution in [0.3, 0.4) is 0 Å². The molecule has 0 N–H and O–H groups in total. The van der Waals surface area contributed by atoms with Crippen LogP contribution in [0.4, 0.5) is 5.69 Å². The Labute approximate surface area is 173 Å². The van der Waals surface area contributed by atoms with Gasteiger partial charge in [-0.1, -0.05) is 48.5 Å². The number of rotatable bonds is 4. The lowest BCUT2D eigenvalue weighted by Gasteiger charge is -2.21. The van der Waals surface area contributed by atoms with Crippen LogP contribution in [-0.4, -0.2) is 24.5 Å². The molecular formula is C25H21NO4. The molecule has 30 heavy (non-hydrogen) atoms. The van der Waals surface area contributed by atoms with Crippen LogP contribution < -0.4 is 4.90 Å². The Morgan fingerprint density at radius 1 is 1.07 bits per heavy atom. The molecule has 2 heterocycles. The number of carbonyl (C=O) groups is 2. The zero-order valence-corrected chi connectivity index (χ0v) is 16.6. The summed E-state index contributed by atoms with van der Waals surface area (Å²) in [6.07, 6.45) is 1.62. The normalized spacial score (nSPS) is 14.1. The fourth-order valence-electron chi connectivity index (χ4n) is 4.24. The quantitative estimate of drug-likeness (QED) is 0.469. The van der Waals surface area contributed by atoms with Gasteiger partial charge in [0, 0.05) is 23.2 Å². The van der Waals surface area contributed by atoms with Crippen LogP contribution in [0.5, 0.6) is 0 Å². The highest BCUT2D eigenvalue weighted by atomic mass is 16.5. The molecule has 4 aromatic rings. The van der Waals surface area contributed by atoms with E-state index in [4.69, 9.17) is 9.15 Å². The third-order valence-corrected chi connectivity index (χ3v) is 5.68. The Hall–Kier alpha value is -3.60. The van der Waals surface area contributed by atoms with Crippen LogP contribution in [0.15, 0.2) is 71.3 Å². The van der Waals surface area contributed by atoms with E-state index in [0.29, 0.717) is 6.54 Å². The van der Waals surface area contributed by atoms with Gasteiger partial charge in [-0.15, -0.1) is 0 Å². The molecule has 0 radical (unpaired) electrons. The number of carbonyl (C=O) groups excluding carboxylic acids is 2. The number of ether oxygens (including phenoxy) is 1. The largest absolute Gasteiger partial charge is 0.464 e. The van der Waals surface area contributed by atoms with Gasteiger partial charge in [0.25, 0.3) is 5.91 Å². The second-order valence-corrected chi connectivity index (χ2v) is 7.60. The highest BCUT2D eigenvalue weighted by molar-refractivity contribution is 6.08. The minimum absolute atomic E-state index is 0.0508. The minimum atomic E-state index is -0.849. The van der Waals surface area contributed by atoms with Gasteiger partial charge in [-0.2, -0.15) is 0 Å². The number of esters is 1. The molecule has 5 nitrogen and oxygen atoms in total. The fraction of sp³-hybridized carbons (Fsp3) is 0.200. The van der Waals surface area contributed by atoms with Crippen molar-refractivity contribution in [2.45, 2.75) is 25.9 Å². The second-order valence-electron chi connectivity index (χ2n) is 7.60. The number of fused-ring (bicyclic) bond motifs is 4. The third-order valence-electron chi connectivity index (χ3n) is 5.68. The molecule has 1 aromatic heterocycles. The summed E-state index contributed by atoms with van der Waals surface area (Å²) in [5.41, 5.74) is 3.53. The van der Waals surface area contributed by atoms with Crippen molar-refractivity contribution in [2.24, 2.45) is 0 Å². The third kappa shape index (κ3) is 3.12. The summed E-state index contributed by atoms with van der Waals surface area (Å²) < 4.78 is 11.1. The van der Waals surface area contributed by atoms with Crippen LogP contribution in [0.1, 0.15) is 18.1 Å². The molecule has 0 unspecified atom stereocenters. The zero-order valence-electron chi connectivity index (χ0n) is 16.6. The van der Waals surface area contributed by atoms with Crippen molar-refractivity contribution in [2.75, 3.05) is 11.4 Å². The van der Waals surface area contributed by atoms with Crippen LogP contribution in [0.25, 0.3) is 21.7 Å². The van der Waals surface area contributed by atoms with Crippen LogP contribution in [0, 0.1) is 0 Å². The van der Waals surface area contributed by atoms with E-state index in [1.54, 1.807) is 18.1 Å². The molecule has 0 spiro atoms. The average Bonchev–Trinajstić information content (AvgIpc) is 3.37. The molecule has 0 saturated carbocycles. The van der Waals surface area contributed by atoms with Gasteiger partial charge in [-0.3, -0.25) is 9.59 Å². The first kappa shape index (κ1) is 18.4. The highest BCUT2D eigenvalue weighted by Crippen LogP contribution is 2.31. The molecule has 0 fully saturated rings. The van der Waals surface area contributed by atoms with E-state index in [1.165, 1.54) is 0 Å². The number of benzene rings is 3. The van der Waals surface area contributed by atoms with Gasteiger partial charge in [-0.25, -0.2) is 0 Å². The molecule has 0 bridgehead atoms. The maximum absolute atomic E-state index is 12.9. The van der Waals surface area contributed by atoms with Gasteiger partial charge in [0.1, 0.15) is 5.58 Å². The summed E-state index contributed by atoms with van der Waals surface area (Å²) in [6, 6.07) is 19.7. The molecule has 1 amide bonds. The van der Waals surface area contributed by atoms with E-state index < -0.39 is 12.1 Å². The van der Waals surface area contributed by atoms with Crippen molar-refractivity contribution in [3.05, 3.63) is 78.1 Å². The van der Waals surface area contributed by atoms with Crippen LogP contribution >= 0.6 is 0 Å². The molecular weight excluding hydrogens is 378 g/mol. The molecule has 5 heteroatoms. The predicted octanol–water partition coefficient (Wildman–Crippen LogP) is 4.65. The minimum Gasteiger partial charge on any atom is -0.464 e. The van der Waals surface area contributed by atoms with Gasteiger partial charge >= 0.3 is 5.97 Å². The lowest BCUT2D eigenvalue weighted by atomic mass is 10.0. The maximum Gasteiger partial charge on any atom is 0.311 e.